The predicted octanol–water partition coefficient (Wildman–Crippen LogP) is 1.63. The number of phenolic OH excluding ortho intramolecular Hbond substituents is 1. The van der Waals surface area contributed by atoms with E-state index in [4.69, 9.17) is 5.84 Å². The number of phenols is 1. The molecule has 7 heteroatoms. The maximum atomic E-state index is 11.8. The summed E-state index contributed by atoms with van der Waals surface area (Å²) >= 11 is 0. The summed E-state index contributed by atoms with van der Waals surface area (Å²) < 4.78 is 39.9. The topological polar surface area (TPSA) is 67.8 Å². The number of alkyl halides is 3. The number of rotatable bonds is 3. The first kappa shape index (κ1) is 12.2. The second-order valence-electron chi connectivity index (χ2n) is 2.90. The van der Waals surface area contributed by atoms with Gasteiger partial charge in [0.2, 0.25) is 0 Å². The molecule has 0 heterocycles. The zero-order valence-corrected chi connectivity index (χ0v) is 8.03. The van der Waals surface area contributed by atoms with Crippen LogP contribution >= 0.6 is 0 Å². The number of nitrogens with zero attached hydrogens (tertiary/aromatic N) is 1. The standard InChI is InChI=1S/C9H9F3N2O2/c10-9(11,12)5-16-7-2-1-6(4-14-13)8(15)3-7/h1-4,15H,5,13H2. The monoisotopic (exact) mass is 234 g/mol. The van der Waals surface area contributed by atoms with Crippen LogP contribution in [0.5, 0.6) is 11.5 Å². The van der Waals surface area contributed by atoms with Crippen molar-refractivity contribution in [2.75, 3.05) is 6.61 Å². The van der Waals surface area contributed by atoms with E-state index in [1.54, 1.807) is 0 Å². The van der Waals surface area contributed by atoms with Gasteiger partial charge in [-0.05, 0) is 12.1 Å². The Labute approximate surface area is 89.1 Å². The Morgan fingerprint density at radius 2 is 2.12 bits per heavy atom. The minimum Gasteiger partial charge on any atom is -0.507 e. The molecule has 1 aromatic carbocycles. The average molecular weight is 234 g/mol. The minimum absolute atomic E-state index is 0.0796. The molecule has 16 heavy (non-hydrogen) atoms. The van der Waals surface area contributed by atoms with Crippen LogP contribution in [0.2, 0.25) is 0 Å². The summed E-state index contributed by atoms with van der Waals surface area (Å²) in [5.74, 6) is 4.53. The van der Waals surface area contributed by atoms with E-state index < -0.39 is 12.8 Å². The van der Waals surface area contributed by atoms with Crippen molar-refractivity contribution in [2.24, 2.45) is 10.9 Å². The molecule has 0 aliphatic heterocycles. The van der Waals surface area contributed by atoms with Gasteiger partial charge in [0, 0.05) is 11.6 Å². The van der Waals surface area contributed by atoms with Gasteiger partial charge < -0.3 is 15.7 Å². The van der Waals surface area contributed by atoms with Crippen molar-refractivity contribution in [3.8, 4) is 11.5 Å². The van der Waals surface area contributed by atoms with E-state index in [0.717, 1.165) is 6.07 Å². The summed E-state index contributed by atoms with van der Waals surface area (Å²) in [5, 5.41) is 12.5. The predicted molar refractivity (Wildman–Crippen MR) is 51.4 cm³/mol. The molecule has 0 atom stereocenters. The van der Waals surface area contributed by atoms with Crippen LogP contribution < -0.4 is 10.6 Å². The highest BCUT2D eigenvalue weighted by Gasteiger charge is 2.28. The fraction of sp³-hybridized carbons (Fsp3) is 0.222. The number of hydrogen-bond donors (Lipinski definition) is 2. The van der Waals surface area contributed by atoms with Crippen LogP contribution in [0.3, 0.4) is 0 Å². The van der Waals surface area contributed by atoms with Gasteiger partial charge in [-0.2, -0.15) is 18.3 Å². The zero-order chi connectivity index (χ0) is 12.2. The van der Waals surface area contributed by atoms with Gasteiger partial charge in [-0.25, -0.2) is 0 Å². The largest absolute Gasteiger partial charge is 0.507 e. The molecular formula is C9H9F3N2O2. The minimum atomic E-state index is -4.41. The lowest BCUT2D eigenvalue weighted by atomic mass is 10.2. The Bertz CT molecular complexity index is 391. The van der Waals surface area contributed by atoms with Crippen LogP contribution in [0.25, 0.3) is 0 Å². The van der Waals surface area contributed by atoms with Crippen molar-refractivity contribution in [3.05, 3.63) is 23.8 Å². The fourth-order valence-corrected chi connectivity index (χ4v) is 0.968. The van der Waals surface area contributed by atoms with E-state index in [1.807, 2.05) is 0 Å². The number of halogens is 3. The van der Waals surface area contributed by atoms with Gasteiger partial charge in [0.05, 0.1) is 6.21 Å². The molecule has 0 amide bonds. The van der Waals surface area contributed by atoms with Crippen LogP contribution in [0.15, 0.2) is 23.3 Å². The third-order valence-corrected chi connectivity index (χ3v) is 1.62. The number of hydrogen-bond acceptors (Lipinski definition) is 4. The van der Waals surface area contributed by atoms with Gasteiger partial charge >= 0.3 is 6.18 Å². The highest BCUT2D eigenvalue weighted by Crippen LogP contribution is 2.24. The Hall–Kier alpha value is -1.92. The van der Waals surface area contributed by atoms with E-state index in [0.29, 0.717) is 5.56 Å². The first-order valence-corrected chi connectivity index (χ1v) is 4.18. The van der Waals surface area contributed by atoms with Gasteiger partial charge in [0.1, 0.15) is 11.5 Å². The summed E-state index contributed by atoms with van der Waals surface area (Å²) in [7, 11) is 0. The Balaban J connectivity index is 2.74. The molecule has 4 nitrogen and oxygen atoms in total. The second-order valence-corrected chi connectivity index (χ2v) is 2.90. The molecule has 0 saturated heterocycles. The van der Waals surface area contributed by atoms with Crippen LogP contribution in [0.1, 0.15) is 5.56 Å². The van der Waals surface area contributed by atoms with E-state index in [1.165, 1.54) is 18.3 Å². The second kappa shape index (κ2) is 4.73. The fourth-order valence-electron chi connectivity index (χ4n) is 0.968. The number of ether oxygens (including phenoxy) is 1. The summed E-state index contributed by atoms with van der Waals surface area (Å²) in [6, 6.07) is 3.68. The molecule has 0 spiro atoms. The first-order valence-electron chi connectivity index (χ1n) is 4.18. The summed E-state index contributed by atoms with van der Waals surface area (Å²) in [6.07, 6.45) is -3.24. The third kappa shape index (κ3) is 3.68. The Kier molecular flexibility index (Phi) is 3.60. The van der Waals surface area contributed by atoms with Crippen molar-refractivity contribution >= 4 is 6.21 Å². The van der Waals surface area contributed by atoms with Gasteiger partial charge in [0.15, 0.2) is 6.61 Å². The SMILES string of the molecule is NN=Cc1ccc(OCC(F)(F)F)cc1O. The normalized spacial score (nSPS) is 11.9. The third-order valence-electron chi connectivity index (χ3n) is 1.62. The molecule has 0 radical (unpaired) electrons. The summed E-state index contributed by atoms with van der Waals surface area (Å²) in [4.78, 5) is 0. The van der Waals surface area contributed by atoms with Crippen molar-refractivity contribution < 1.29 is 23.0 Å². The highest BCUT2D eigenvalue weighted by atomic mass is 19.4. The van der Waals surface area contributed by atoms with Crippen LogP contribution in [0.4, 0.5) is 13.2 Å². The van der Waals surface area contributed by atoms with Gasteiger partial charge in [0.25, 0.3) is 0 Å². The zero-order valence-electron chi connectivity index (χ0n) is 8.03. The Morgan fingerprint density at radius 3 is 2.62 bits per heavy atom. The van der Waals surface area contributed by atoms with E-state index >= 15 is 0 Å². The van der Waals surface area contributed by atoms with Crippen LogP contribution in [-0.2, 0) is 0 Å². The lowest BCUT2D eigenvalue weighted by molar-refractivity contribution is -0.153. The van der Waals surface area contributed by atoms with E-state index in [9.17, 15) is 18.3 Å². The molecule has 0 saturated carbocycles. The smallest absolute Gasteiger partial charge is 0.422 e. The number of hydrazone groups is 1. The highest BCUT2D eigenvalue weighted by molar-refractivity contribution is 5.83. The van der Waals surface area contributed by atoms with E-state index in [-0.39, 0.29) is 11.5 Å². The molecular weight excluding hydrogens is 225 g/mol. The van der Waals surface area contributed by atoms with Crippen molar-refractivity contribution in [2.45, 2.75) is 6.18 Å². The molecule has 0 bridgehead atoms. The molecule has 3 N–H and O–H groups in total. The van der Waals surface area contributed by atoms with Crippen LogP contribution in [-0.4, -0.2) is 24.1 Å². The molecule has 0 aliphatic carbocycles. The van der Waals surface area contributed by atoms with Crippen LogP contribution in [0, 0.1) is 0 Å². The molecule has 1 aromatic rings. The molecule has 1 rings (SSSR count). The lowest BCUT2D eigenvalue weighted by Crippen LogP contribution is -2.19. The average Bonchev–Trinajstić information content (AvgIpc) is 2.18. The number of nitrogens with two attached hydrogens (primary N) is 1. The van der Waals surface area contributed by atoms with Gasteiger partial charge in [-0.1, -0.05) is 0 Å². The molecule has 0 unspecified atom stereocenters. The van der Waals surface area contributed by atoms with Gasteiger partial charge in [-0.15, -0.1) is 0 Å². The summed E-state index contributed by atoms with van der Waals surface area (Å²) in [6.45, 7) is -1.41. The number of benzene rings is 1. The summed E-state index contributed by atoms with van der Waals surface area (Å²) in [5.41, 5.74) is 0.293. The van der Waals surface area contributed by atoms with E-state index in [2.05, 4.69) is 9.84 Å². The van der Waals surface area contributed by atoms with Gasteiger partial charge in [-0.3, -0.25) is 0 Å². The maximum Gasteiger partial charge on any atom is 0.422 e. The first-order chi connectivity index (χ1) is 7.42. The molecule has 0 fully saturated rings. The molecule has 0 aliphatic rings. The Morgan fingerprint density at radius 1 is 1.44 bits per heavy atom. The maximum absolute atomic E-state index is 11.8. The molecule has 0 aromatic heterocycles. The lowest BCUT2D eigenvalue weighted by Gasteiger charge is -2.09. The van der Waals surface area contributed by atoms with Crippen molar-refractivity contribution in [3.63, 3.8) is 0 Å². The van der Waals surface area contributed by atoms with Crippen molar-refractivity contribution in [1.82, 2.24) is 0 Å². The quantitative estimate of drug-likeness (QED) is 0.474. The molecule has 88 valence electrons. The number of aromatic hydroxyl groups is 1. The van der Waals surface area contributed by atoms with Crippen molar-refractivity contribution in [1.29, 1.82) is 0 Å².